The highest BCUT2D eigenvalue weighted by molar-refractivity contribution is 5.77. The first-order valence-electron chi connectivity index (χ1n) is 7.56. The minimum absolute atomic E-state index is 0.0721. The lowest BCUT2D eigenvalue weighted by molar-refractivity contribution is -0.139. The maximum atomic E-state index is 13.0. The van der Waals surface area contributed by atoms with Crippen LogP contribution in [-0.4, -0.2) is 23.0 Å². The van der Waals surface area contributed by atoms with Crippen molar-refractivity contribution in [1.29, 1.82) is 0 Å². The van der Waals surface area contributed by atoms with Crippen LogP contribution in [0.4, 0.5) is 4.39 Å². The number of carbonyl (C=O) groups is 1. The van der Waals surface area contributed by atoms with Crippen molar-refractivity contribution < 1.29 is 9.18 Å². The maximum Gasteiger partial charge on any atom is 0.223 e. The topological polar surface area (TPSA) is 45.0 Å². The summed E-state index contributed by atoms with van der Waals surface area (Å²) in [5.41, 5.74) is 0.585. The van der Waals surface area contributed by atoms with Gasteiger partial charge in [0.2, 0.25) is 5.91 Å². The summed E-state index contributed by atoms with van der Waals surface area (Å²) in [6.07, 6.45) is 8.58. The Bertz CT molecular complexity index is 626. The summed E-state index contributed by atoms with van der Waals surface area (Å²) < 4.78 is 13.0. The van der Waals surface area contributed by atoms with Crippen LogP contribution < -0.4 is 0 Å². The summed E-state index contributed by atoms with van der Waals surface area (Å²) in [7, 11) is 0. The first kappa shape index (κ1) is 14.7. The zero-order chi connectivity index (χ0) is 15.6. The lowest BCUT2D eigenvalue weighted by Gasteiger charge is -2.41. The fourth-order valence-electron chi connectivity index (χ4n) is 2.84. The van der Waals surface area contributed by atoms with E-state index in [4.69, 9.17) is 6.42 Å². The van der Waals surface area contributed by atoms with Crippen molar-refractivity contribution in [2.45, 2.75) is 43.8 Å². The van der Waals surface area contributed by atoms with Crippen LogP contribution in [0.15, 0.2) is 34.5 Å². The van der Waals surface area contributed by atoms with Crippen LogP contribution in [0.1, 0.15) is 43.7 Å². The zero-order valence-corrected chi connectivity index (χ0v) is 12.3. The van der Waals surface area contributed by atoms with Crippen molar-refractivity contribution in [3.8, 4) is 12.3 Å². The van der Waals surface area contributed by atoms with Gasteiger partial charge in [-0.05, 0) is 24.1 Å². The standard InChI is InChI=1S/C17H18FN3O/c1-2-3-10-17(19-20-17)11-8-16(22)21-12-9-15(21)13-4-6-14(18)7-5-13/h1,4-7,15H,3,8-12H2. The number of terminal acetylenes is 1. The van der Waals surface area contributed by atoms with Gasteiger partial charge in [-0.15, -0.1) is 12.3 Å². The fraction of sp³-hybridized carbons (Fsp3) is 0.471. The third kappa shape index (κ3) is 3.01. The molecule has 0 N–H and O–H groups in total. The summed E-state index contributed by atoms with van der Waals surface area (Å²) in [4.78, 5) is 14.2. The second kappa shape index (κ2) is 5.88. The molecular formula is C17H18FN3O. The quantitative estimate of drug-likeness (QED) is 0.742. The predicted octanol–water partition coefficient (Wildman–Crippen LogP) is 3.45. The van der Waals surface area contributed by atoms with Crippen LogP contribution in [-0.2, 0) is 4.79 Å². The number of halogens is 1. The van der Waals surface area contributed by atoms with E-state index in [2.05, 4.69) is 16.1 Å². The molecule has 0 radical (unpaired) electrons. The summed E-state index contributed by atoms with van der Waals surface area (Å²) in [6.45, 7) is 0.756. The Labute approximate surface area is 129 Å². The van der Waals surface area contributed by atoms with E-state index in [0.29, 0.717) is 19.3 Å². The van der Waals surface area contributed by atoms with E-state index in [1.54, 1.807) is 12.1 Å². The van der Waals surface area contributed by atoms with Gasteiger partial charge in [0.05, 0.1) is 6.04 Å². The van der Waals surface area contributed by atoms with Gasteiger partial charge >= 0.3 is 0 Å². The van der Waals surface area contributed by atoms with Crippen LogP contribution in [0, 0.1) is 18.2 Å². The average molecular weight is 299 g/mol. The molecule has 0 aliphatic carbocycles. The Morgan fingerprint density at radius 2 is 2.09 bits per heavy atom. The van der Waals surface area contributed by atoms with Crippen LogP contribution in [0.25, 0.3) is 0 Å². The monoisotopic (exact) mass is 299 g/mol. The molecule has 22 heavy (non-hydrogen) atoms. The SMILES string of the molecule is C#CCCC1(CCC(=O)N2CCC2c2ccc(F)cc2)N=N1. The fourth-order valence-corrected chi connectivity index (χ4v) is 2.84. The number of likely N-dealkylation sites (tertiary alicyclic amines) is 1. The third-order valence-corrected chi connectivity index (χ3v) is 4.39. The third-order valence-electron chi connectivity index (χ3n) is 4.39. The molecule has 1 saturated heterocycles. The normalized spacial score (nSPS) is 21.1. The molecule has 1 aromatic carbocycles. The van der Waals surface area contributed by atoms with Gasteiger partial charge in [0.25, 0.3) is 0 Å². The van der Waals surface area contributed by atoms with E-state index in [1.807, 2.05) is 4.90 Å². The summed E-state index contributed by atoms with van der Waals surface area (Å²) in [5.74, 6) is 2.44. The van der Waals surface area contributed by atoms with E-state index >= 15 is 0 Å². The molecule has 0 saturated carbocycles. The molecular weight excluding hydrogens is 281 g/mol. The van der Waals surface area contributed by atoms with Gasteiger partial charge in [-0.1, -0.05) is 12.1 Å². The van der Waals surface area contributed by atoms with Crippen molar-refractivity contribution in [1.82, 2.24) is 4.90 Å². The Morgan fingerprint density at radius 3 is 2.64 bits per heavy atom. The van der Waals surface area contributed by atoms with E-state index < -0.39 is 5.66 Å². The van der Waals surface area contributed by atoms with Crippen LogP contribution in [0.5, 0.6) is 0 Å². The number of hydrogen-bond donors (Lipinski definition) is 0. The van der Waals surface area contributed by atoms with Gasteiger partial charge in [-0.2, -0.15) is 10.2 Å². The second-order valence-corrected chi connectivity index (χ2v) is 5.83. The second-order valence-electron chi connectivity index (χ2n) is 5.83. The van der Waals surface area contributed by atoms with E-state index in [-0.39, 0.29) is 17.8 Å². The van der Waals surface area contributed by atoms with Crippen LogP contribution in [0.2, 0.25) is 0 Å². The van der Waals surface area contributed by atoms with Gasteiger partial charge in [0, 0.05) is 32.2 Å². The van der Waals surface area contributed by atoms with Gasteiger partial charge in [-0.3, -0.25) is 4.79 Å². The smallest absolute Gasteiger partial charge is 0.223 e. The lowest BCUT2D eigenvalue weighted by Crippen LogP contribution is -2.45. The Kier molecular flexibility index (Phi) is 3.93. The molecule has 0 spiro atoms. The van der Waals surface area contributed by atoms with Crippen molar-refractivity contribution in [3.63, 3.8) is 0 Å². The summed E-state index contributed by atoms with van der Waals surface area (Å²) >= 11 is 0. The van der Waals surface area contributed by atoms with Crippen molar-refractivity contribution in [3.05, 3.63) is 35.6 Å². The van der Waals surface area contributed by atoms with Gasteiger partial charge in [0.1, 0.15) is 5.82 Å². The van der Waals surface area contributed by atoms with Crippen molar-refractivity contribution in [2.75, 3.05) is 6.54 Å². The van der Waals surface area contributed by atoms with Gasteiger partial charge in [0.15, 0.2) is 5.66 Å². The predicted molar refractivity (Wildman–Crippen MR) is 80.4 cm³/mol. The number of amides is 1. The van der Waals surface area contributed by atoms with E-state index in [9.17, 15) is 9.18 Å². The number of hydrogen-bond acceptors (Lipinski definition) is 3. The molecule has 1 amide bonds. The zero-order valence-electron chi connectivity index (χ0n) is 12.3. The maximum absolute atomic E-state index is 13.0. The molecule has 2 aliphatic heterocycles. The molecule has 4 nitrogen and oxygen atoms in total. The number of carbonyl (C=O) groups excluding carboxylic acids is 1. The molecule has 5 heteroatoms. The van der Waals surface area contributed by atoms with Crippen molar-refractivity contribution in [2.24, 2.45) is 10.2 Å². The molecule has 0 bridgehead atoms. The molecule has 1 fully saturated rings. The summed E-state index contributed by atoms with van der Waals surface area (Å²) in [6, 6.07) is 6.45. The highest BCUT2D eigenvalue weighted by Gasteiger charge is 2.41. The molecule has 2 heterocycles. The van der Waals surface area contributed by atoms with Crippen molar-refractivity contribution >= 4 is 5.91 Å². The molecule has 0 aromatic heterocycles. The number of nitrogens with zero attached hydrogens (tertiary/aromatic N) is 3. The first-order chi connectivity index (χ1) is 10.6. The first-order valence-corrected chi connectivity index (χ1v) is 7.56. The summed E-state index contributed by atoms with van der Waals surface area (Å²) in [5, 5.41) is 8.10. The largest absolute Gasteiger partial charge is 0.335 e. The van der Waals surface area contributed by atoms with E-state index in [1.165, 1.54) is 12.1 Å². The van der Waals surface area contributed by atoms with Gasteiger partial charge < -0.3 is 4.90 Å². The molecule has 114 valence electrons. The molecule has 3 rings (SSSR count). The minimum atomic E-state index is -0.404. The minimum Gasteiger partial charge on any atom is -0.335 e. The lowest BCUT2D eigenvalue weighted by atomic mass is 9.93. The average Bonchev–Trinajstić information content (AvgIpc) is 3.25. The Morgan fingerprint density at radius 1 is 1.36 bits per heavy atom. The Balaban J connectivity index is 1.53. The number of benzene rings is 1. The van der Waals surface area contributed by atoms with E-state index in [0.717, 1.165) is 24.9 Å². The molecule has 1 atom stereocenters. The number of rotatable bonds is 6. The molecule has 2 aliphatic rings. The highest BCUT2D eigenvalue weighted by atomic mass is 19.1. The van der Waals surface area contributed by atoms with Crippen LogP contribution >= 0.6 is 0 Å². The highest BCUT2D eigenvalue weighted by Crippen LogP contribution is 2.39. The van der Waals surface area contributed by atoms with Crippen LogP contribution in [0.3, 0.4) is 0 Å². The molecule has 1 unspecified atom stereocenters. The van der Waals surface area contributed by atoms with Gasteiger partial charge in [-0.25, -0.2) is 4.39 Å². The Hall–Kier alpha value is -2.22. The molecule has 1 aromatic rings.